The molecule has 0 aromatic heterocycles. The summed E-state index contributed by atoms with van der Waals surface area (Å²) in [5, 5.41) is 8.72. The molecule has 1 atom stereocenters. The Balaban J connectivity index is 1.92. The van der Waals surface area contributed by atoms with Crippen molar-refractivity contribution in [3.05, 3.63) is 48.0 Å². The van der Waals surface area contributed by atoms with Gasteiger partial charge in [-0.05, 0) is 18.4 Å². The predicted octanol–water partition coefficient (Wildman–Crippen LogP) is -0.566. The lowest BCUT2D eigenvalue weighted by atomic mass is 10.0. The van der Waals surface area contributed by atoms with Gasteiger partial charge in [0, 0.05) is 66.8 Å². The average molecular weight is 687 g/mol. The predicted molar refractivity (Wildman–Crippen MR) is 175 cm³/mol. The molecule has 1 heterocycles. The zero-order chi connectivity index (χ0) is 36.7. The molecule has 7 amide bonds. The number of aliphatic carboxylic acids is 1. The van der Waals surface area contributed by atoms with Crippen LogP contribution < -0.4 is 0 Å². The van der Waals surface area contributed by atoms with Crippen molar-refractivity contribution in [1.29, 1.82) is 0 Å². The Morgan fingerprint density at radius 2 is 1.27 bits per heavy atom. The molecule has 0 bridgehead atoms. The Kier molecular flexibility index (Phi) is 16.1. The molecule has 0 saturated carbocycles. The van der Waals surface area contributed by atoms with Crippen LogP contribution in [0.1, 0.15) is 31.2 Å². The summed E-state index contributed by atoms with van der Waals surface area (Å²) in [4.78, 5) is 106. The van der Waals surface area contributed by atoms with Gasteiger partial charge in [-0.15, -0.1) is 0 Å². The molecule has 2 rings (SSSR count). The van der Waals surface area contributed by atoms with Crippen LogP contribution in [0, 0.1) is 0 Å². The summed E-state index contributed by atoms with van der Waals surface area (Å²) in [7, 11) is 7.16. The van der Waals surface area contributed by atoms with Crippen LogP contribution in [-0.4, -0.2) is 163 Å². The second-order valence-electron chi connectivity index (χ2n) is 11.8. The van der Waals surface area contributed by atoms with Gasteiger partial charge in [-0.2, -0.15) is 0 Å². The number of likely N-dealkylation sites (N-methyl/N-ethyl adjacent to an activating group) is 5. The van der Waals surface area contributed by atoms with Crippen molar-refractivity contribution in [3.8, 4) is 0 Å². The third-order valence-corrected chi connectivity index (χ3v) is 7.87. The van der Waals surface area contributed by atoms with E-state index in [0.717, 1.165) is 15.4 Å². The monoisotopic (exact) mass is 686 g/mol. The van der Waals surface area contributed by atoms with Gasteiger partial charge in [-0.1, -0.05) is 36.8 Å². The molecule has 0 unspecified atom stereocenters. The molecule has 0 aliphatic carbocycles. The molecule has 16 heteroatoms. The summed E-state index contributed by atoms with van der Waals surface area (Å²) in [5.41, 5.74) is 0.763. The number of unbranched alkanes of at least 4 members (excludes halogenated alkanes) is 2. The van der Waals surface area contributed by atoms with Gasteiger partial charge in [0.15, 0.2) is 0 Å². The Morgan fingerprint density at radius 1 is 0.714 bits per heavy atom. The maximum atomic E-state index is 13.6. The summed E-state index contributed by atoms with van der Waals surface area (Å²) in [6, 6.07) is 7.97. The molecule has 0 saturated heterocycles. The summed E-state index contributed by atoms with van der Waals surface area (Å²) in [6.45, 7) is -1.60. The molecule has 1 aromatic rings. The second kappa shape index (κ2) is 19.6. The third kappa shape index (κ3) is 13.1. The number of nitrogens with zero attached hydrogens (tertiary/aromatic N) is 6. The van der Waals surface area contributed by atoms with Gasteiger partial charge in [0.25, 0.3) is 11.8 Å². The van der Waals surface area contributed by atoms with Gasteiger partial charge in [0.05, 0.1) is 19.6 Å². The van der Waals surface area contributed by atoms with Crippen molar-refractivity contribution < 1.29 is 48.2 Å². The van der Waals surface area contributed by atoms with E-state index in [1.807, 2.05) is 6.07 Å². The van der Waals surface area contributed by atoms with E-state index in [9.17, 15) is 38.4 Å². The number of carbonyl (C=O) groups excluding carboxylic acids is 7. The van der Waals surface area contributed by atoms with Crippen LogP contribution >= 0.6 is 0 Å². The third-order valence-electron chi connectivity index (χ3n) is 7.87. The molecule has 1 aliphatic rings. The van der Waals surface area contributed by atoms with Crippen molar-refractivity contribution in [3.63, 3.8) is 0 Å². The highest BCUT2D eigenvalue weighted by Crippen LogP contribution is 2.13. The Labute approximate surface area is 285 Å². The average Bonchev–Trinajstić information content (AvgIpc) is 3.38. The number of carbonyl (C=O) groups is 8. The van der Waals surface area contributed by atoms with E-state index in [0.29, 0.717) is 19.3 Å². The van der Waals surface area contributed by atoms with Gasteiger partial charge >= 0.3 is 5.97 Å². The Morgan fingerprint density at radius 3 is 1.88 bits per heavy atom. The van der Waals surface area contributed by atoms with Crippen LogP contribution in [0.2, 0.25) is 0 Å². The van der Waals surface area contributed by atoms with Crippen LogP contribution in [0.4, 0.5) is 0 Å². The molecule has 1 N–H and O–H groups in total. The minimum atomic E-state index is -1.19. The number of amides is 7. The van der Waals surface area contributed by atoms with Gasteiger partial charge in [-0.3, -0.25) is 38.5 Å². The Bertz CT molecular complexity index is 1380. The minimum absolute atomic E-state index is 0.133. The maximum absolute atomic E-state index is 13.6. The molecule has 0 fully saturated rings. The first-order chi connectivity index (χ1) is 23.1. The summed E-state index contributed by atoms with van der Waals surface area (Å²) in [5.74, 6) is -4.22. The quantitative estimate of drug-likeness (QED) is 0.106. The fourth-order valence-corrected chi connectivity index (χ4v) is 4.78. The van der Waals surface area contributed by atoms with Crippen LogP contribution in [0.3, 0.4) is 0 Å². The fraction of sp³-hybridized carbons (Fsp3) is 0.515. The number of hydrogen-bond acceptors (Lipinski definition) is 9. The number of imide groups is 1. The summed E-state index contributed by atoms with van der Waals surface area (Å²) >= 11 is 0. The zero-order valence-electron chi connectivity index (χ0n) is 28.7. The molecular formula is C33H46N6O10. The SMILES string of the molecule is CN(COCC(=O)O)C(=O)CN(C)C(=O)[C@H](Cc1ccccc1)N(C)C(=O)CN(C)C(=O)CN(C)C(=O)CCCCCN1C(=O)C=CC1=O. The van der Waals surface area contributed by atoms with Gasteiger partial charge in [0.1, 0.15) is 19.4 Å². The maximum Gasteiger partial charge on any atom is 0.329 e. The van der Waals surface area contributed by atoms with Gasteiger partial charge in [-0.25, -0.2) is 4.79 Å². The fourth-order valence-electron chi connectivity index (χ4n) is 4.78. The smallest absolute Gasteiger partial charge is 0.329 e. The molecule has 16 nitrogen and oxygen atoms in total. The second-order valence-corrected chi connectivity index (χ2v) is 11.8. The number of rotatable bonds is 20. The topological polar surface area (TPSA) is 185 Å². The largest absolute Gasteiger partial charge is 0.480 e. The van der Waals surface area contributed by atoms with E-state index < -0.39 is 42.2 Å². The van der Waals surface area contributed by atoms with Crippen molar-refractivity contribution in [2.75, 3.05) is 74.8 Å². The first kappa shape index (κ1) is 40.1. The normalized spacial score (nSPS) is 12.8. The first-order valence-electron chi connectivity index (χ1n) is 15.7. The van der Waals surface area contributed by atoms with E-state index in [2.05, 4.69) is 0 Å². The number of benzene rings is 1. The van der Waals surface area contributed by atoms with Crippen LogP contribution in [-0.2, 0) is 49.5 Å². The van der Waals surface area contributed by atoms with E-state index in [4.69, 9.17) is 9.84 Å². The molecule has 0 spiro atoms. The van der Waals surface area contributed by atoms with Gasteiger partial charge in [0.2, 0.25) is 29.5 Å². The van der Waals surface area contributed by atoms with Crippen LogP contribution in [0.5, 0.6) is 0 Å². The van der Waals surface area contributed by atoms with E-state index in [-0.39, 0.29) is 63.5 Å². The van der Waals surface area contributed by atoms with Gasteiger partial charge < -0.3 is 34.3 Å². The number of hydrogen-bond donors (Lipinski definition) is 1. The highest BCUT2D eigenvalue weighted by molar-refractivity contribution is 6.12. The first-order valence-corrected chi connectivity index (χ1v) is 15.7. The van der Waals surface area contributed by atoms with Crippen molar-refractivity contribution in [2.45, 2.75) is 38.1 Å². The number of carboxylic acid groups (broad SMARTS) is 1. The standard InChI is InChI=1S/C33H46N6O10/c1-34(26(40)14-10-7-11-17-39-27(41)15-16-28(39)42)19-29(43)35(2)21-31(45)38(5)25(18-24-12-8-6-9-13-24)33(48)36(3)20-30(44)37(4)23-49-22-32(46)47/h6,8-9,12-13,15-16,25H,7,10-11,14,17-23H2,1-5H3,(H,46,47)/t25-/m0/s1. The Hall–Kier alpha value is -5.12. The van der Waals surface area contributed by atoms with E-state index >= 15 is 0 Å². The van der Waals surface area contributed by atoms with Crippen molar-refractivity contribution in [2.24, 2.45) is 0 Å². The summed E-state index contributed by atoms with van der Waals surface area (Å²) < 4.78 is 4.93. The lowest BCUT2D eigenvalue weighted by molar-refractivity contribution is -0.150. The summed E-state index contributed by atoms with van der Waals surface area (Å²) in [6.07, 6.45) is 4.41. The van der Waals surface area contributed by atoms with Crippen LogP contribution in [0.25, 0.3) is 0 Å². The molecular weight excluding hydrogens is 640 g/mol. The number of carboxylic acids is 1. The highest BCUT2D eigenvalue weighted by Gasteiger charge is 2.32. The molecule has 268 valence electrons. The molecule has 1 aliphatic heterocycles. The molecule has 1 aromatic carbocycles. The van der Waals surface area contributed by atoms with E-state index in [1.165, 1.54) is 67.0 Å². The molecule has 0 radical (unpaired) electrons. The van der Waals surface area contributed by atoms with Crippen LogP contribution in [0.15, 0.2) is 42.5 Å². The highest BCUT2D eigenvalue weighted by atomic mass is 16.5. The minimum Gasteiger partial charge on any atom is -0.480 e. The van der Waals surface area contributed by atoms with E-state index in [1.54, 1.807) is 24.3 Å². The number of ether oxygens (including phenoxy) is 1. The molecule has 49 heavy (non-hydrogen) atoms. The van der Waals surface area contributed by atoms with Crippen molar-refractivity contribution in [1.82, 2.24) is 29.4 Å². The lowest BCUT2D eigenvalue weighted by Gasteiger charge is -2.32. The lowest BCUT2D eigenvalue weighted by Crippen LogP contribution is -2.53. The van der Waals surface area contributed by atoms with Crippen molar-refractivity contribution >= 4 is 47.3 Å². The zero-order valence-corrected chi connectivity index (χ0v) is 28.7.